The lowest BCUT2D eigenvalue weighted by atomic mass is 9.94. The minimum Gasteiger partial charge on any atom is -0.456 e. The van der Waals surface area contributed by atoms with Crippen LogP contribution in [0.15, 0.2) is 54.6 Å². The first kappa shape index (κ1) is 20.4. The highest BCUT2D eigenvalue weighted by Crippen LogP contribution is 2.29. The van der Waals surface area contributed by atoms with Gasteiger partial charge >= 0.3 is 5.97 Å². The van der Waals surface area contributed by atoms with Crippen LogP contribution in [0.25, 0.3) is 0 Å². The third kappa shape index (κ3) is 5.33. The normalized spacial score (nSPS) is 16.6. The van der Waals surface area contributed by atoms with E-state index in [9.17, 15) is 4.79 Å². The summed E-state index contributed by atoms with van der Waals surface area (Å²) in [6.07, 6.45) is 0.475. The Hall–Kier alpha value is -2.37. The second kappa shape index (κ2) is 9.71. The first-order chi connectivity index (χ1) is 13.5. The molecule has 2 atom stereocenters. The van der Waals surface area contributed by atoms with Gasteiger partial charge in [0.1, 0.15) is 6.10 Å². The molecule has 150 valence electrons. The molecule has 0 spiro atoms. The summed E-state index contributed by atoms with van der Waals surface area (Å²) < 4.78 is 11.2. The van der Waals surface area contributed by atoms with E-state index in [1.807, 2.05) is 32.3 Å². The van der Waals surface area contributed by atoms with Gasteiger partial charge in [0.05, 0.1) is 19.3 Å². The molecule has 0 amide bonds. The van der Waals surface area contributed by atoms with Crippen molar-refractivity contribution in [2.45, 2.75) is 25.5 Å². The molecule has 0 bridgehead atoms. The minimum atomic E-state index is -0.327. The average Bonchev–Trinajstić information content (AvgIpc) is 2.72. The van der Waals surface area contributed by atoms with E-state index in [0.29, 0.717) is 0 Å². The van der Waals surface area contributed by atoms with Crippen LogP contribution in [-0.2, 0) is 20.7 Å². The molecule has 0 aromatic heterocycles. The van der Waals surface area contributed by atoms with Crippen LogP contribution < -0.4 is 4.90 Å². The molecule has 28 heavy (non-hydrogen) atoms. The van der Waals surface area contributed by atoms with Crippen molar-refractivity contribution in [2.24, 2.45) is 0 Å². The Labute approximate surface area is 167 Å². The lowest BCUT2D eigenvalue weighted by Gasteiger charge is -2.33. The van der Waals surface area contributed by atoms with Gasteiger partial charge in [0, 0.05) is 25.7 Å². The molecule has 2 aromatic rings. The first-order valence-corrected chi connectivity index (χ1v) is 9.85. The fraction of sp³-hybridized carbons (Fsp3) is 0.435. The summed E-state index contributed by atoms with van der Waals surface area (Å²) in [6, 6.07) is 18.8. The number of benzene rings is 2. The van der Waals surface area contributed by atoms with Crippen molar-refractivity contribution < 1.29 is 14.3 Å². The van der Waals surface area contributed by atoms with Crippen LogP contribution in [0.1, 0.15) is 24.2 Å². The van der Waals surface area contributed by atoms with Gasteiger partial charge in [0.15, 0.2) is 0 Å². The van der Waals surface area contributed by atoms with Gasteiger partial charge in [-0.05, 0) is 43.8 Å². The van der Waals surface area contributed by atoms with E-state index in [-0.39, 0.29) is 18.1 Å². The number of carbonyl (C=O) groups excluding carboxylic acids is 1. The molecule has 0 aliphatic carbocycles. The Morgan fingerprint density at radius 2 is 1.71 bits per heavy atom. The quantitative estimate of drug-likeness (QED) is 0.688. The highest BCUT2D eigenvalue weighted by Gasteiger charge is 2.28. The van der Waals surface area contributed by atoms with Crippen molar-refractivity contribution in [3.8, 4) is 0 Å². The highest BCUT2D eigenvalue weighted by molar-refractivity contribution is 5.66. The van der Waals surface area contributed by atoms with Crippen LogP contribution in [0.4, 0.5) is 5.69 Å². The van der Waals surface area contributed by atoms with E-state index in [0.717, 1.165) is 38.3 Å². The summed E-state index contributed by atoms with van der Waals surface area (Å²) in [7, 11) is 4.07. The summed E-state index contributed by atoms with van der Waals surface area (Å²) in [5.41, 5.74) is 3.42. The third-order valence-electron chi connectivity index (χ3n) is 5.19. The number of hydrogen-bond donors (Lipinski definition) is 0. The van der Waals surface area contributed by atoms with E-state index in [1.54, 1.807) is 0 Å². The van der Waals surface area contributed by atoms with Gasteiger partial charge < -0.3 is 19.3 Å². The lowest BCUT2D eigenvalue weighted by molar-refractivity contribution is -0.150. The van der Waals surface area contributed by atoms with Gasteiger partial charge in [-0.25, -0.2) is 0 Å². The number of likely N-dealkylation sites (N-methyl/N-ethyl adjacent to an activating group) is 1. The maximum atomic E-state index is 11.9. The molecule has 5 heteroatoms. The number of nitrogens with zero attached hydrogens (tertiary/aromatic N) is 2. The predicted molar refractivity (Wildman–Crippen MR) is 112 cm³/mol. The zero-order chi connectivity index (χ0) is 19.9. The molecule has 0 saturated carbocycles. The van der Waals surface area contributed by atoms with E-state index in [2.05, 4.69) is 46.2 Å². The van der Waals surface area contributed by atoms with Crippen molar-refractivity contribution >= 4 is 11.7 Å². The second-order valence-corrected chi connectivity index (χ2v) is 7.44. The summed E-state index contributed by atoms with van der Waals surface area (Å²) in [4.78, 5) is 16.3. The molecule has 1 aliphatic rings. The number of esters is 1. The molecule has 3 rings (SSSR count). The maximum Gasteiger partial charge on any atom is 0.303 e. The van der Waals surface area contributed by atoms with Gasteiger partial charge in [-0.1, -0.05) is 42.5 Å². The largest absolute Gasteiger partial charge is 0.456 e. The second-order valence-electron chi connectivity index (χ2n) is 7.44. The molecular formula is C23H30N2O3. The van der Waals surface area contributed by atoms with Gasteiger partial charge in [-0.15, -0.1) is 0 Å². The van der Waals surface area contributed by atoms with E-state index in [4.69, 9.17) is 9.47 Å². The summed E-state index contributed by atoms with van der Waals surface area (Å²) in [5, 5.41) is 0. The Bertz CT molecular complexity index is 740. The number of ether oxygens (including phenoxy) is 2. The molecule has 5 nitrogen and oxygen atoms in total. The fourth-order valence-corrected chi connectivity index (χ4v) is 3.66. The van der Waals surface area contributed by atoms with Gasteiger partial charge in [0.2, 0.25) is 0 Å². The van der Waals surface area contributed by atoms with Crippen LogP contribution in [-0.4, -0.2) is 57.3 Å². The molecule has 1 saturated heterocycles. The van der Waals surface area contributed by atoms with Crippen molar-refractivity contribution in [3.05, 3.63) is 65.7 Å². The number of hydrogen-bond acceptors (Lipinski definition) is 5. The van der Waals surface area contributed by atoms with E-state index < -0.39 is 0 Å². The number of carbonyl (C=O) groups is 1. The maximum absolute atomic E-state index is 11.9. The van der Waals surface area contributed by atoms with Crippen LogP contribution in [0.5, 0.6) is 0 Å². The molecule has 1 aliphatic heterocycles. The number of rotatable bonds is 7. The van der Waals surface area contributed by atoms with Crippen molar-refractivity contribution in [3.63, 3.8) is 0 Å². The summed E-state index contributed by atoms with van der Waals surface area (Å²) in [5.74, 6) is -0.262. The molecule has 2 unspecified atom stereocenters. The monoisotopic (exact) mass is 382 g/mol. The summed E-state index contributed by atoms with van der Waals surface area (Å²) in [6.45, 7) is 4.81. The fourth-order valence-electron chi connectivity index (χ4n) is 3.66. The van der Waals surface area contributed by atoms with Crippen molar-refractivity contribution in [2.75, 3.05) is 45.3 Å². The predicted octanol–water partition coefficient (Wildman–Crippen LogP) is 3.30. The minimum absolute atomic E-state index is 0.0422. The van der Waals surface area contributed by atoms with E-state index in [1.165, 1.54) is 18.2 Å². The Morgan fingerprint density at radius 1 is 1.07 bits per heavy atom. The zero-order valence-electron chi connectivity index (χ0n) is 17.0. The van der Waals surface area contributed by atoms with Crippen molar-refractivity contribution in [1.29, 1.82) is 0 Å². The molecule has 1 heterocycles. The Kier molecular flexibility index (Phi) is 7.06. The lowest BCUT2D eigenvalue weighted by Crippen LogP contribution is -2.38. The van der Waals surface area contributed by atoms with E-state index >= 15 is 0 Å². The SMILES string of the molecule is CC(=O)OC(c1ccc(N2CCOCC2)cc1)C(Cc1ccccc1)N(C)C. The Balaban J connectivity index is 1.83. The molecule has 0 radical (unpaired) electrons. The van der Waals surface area contributed by atoms with Gasteiger partial charge in [-0.3, -0.25) is 4.79 Å². The Morgan fingerprint density at radius 3 is 2.29 bits per heavy atom. The molecule has 2 aromatic carbocycles. The summed E-state index contributed by atoms with van der Waals surface area (Å²) >= 11 is 0. The highest BCUT2D eigenvalue weighted by atomic mass is 16.5. The smallest absolute Gasteiger partial charge is 0.303 e. The molecular weight excluding hydrogens is 352 g/mol. The van der Waals surface area contributed by atoms with Crippen molar-refractivity contribution in [1.82, 2.24) is 4.90 Å². The van der Waals surface area contributed by atoms with Gasteiger partial charge in [-0.2, -0.15) is 0 Å². The number of anilines is 1. The third-order valence-corrected chi connectivity index (χ3v) is 5.19. The van der Waals surface area contributed by atoms with Crippen LogP contribution in [0.3, 0.4) is 0 Å². The van der Waals surface area contributed by atoms with Crippen LogP contribution in [0, 0.1) is 0 Å². The van der Waals surface area contributed by atoms with Gasteiger partial charge in [0.25, 0.3) is 0 Å². The molecule has 1 fully saturated rings. The topological polar surface area (TPSA) is 42.0 Å². The number of morpholine rings is 1. The molecule has 0 N–H and O–H groups in total. The average molecular weight is 383 g/mol. The van der Waals surface area contributed by atoms with Crippen LogP contribution in [0.2, 0.25) is 0 Å². The zero-order valence-corrected chi connectivity index (χ0v) is 17.0. The van der Waals surface area contributed by atoms with Crippen LogP contribution >= 0.6 is 0 Å². The first-order valence-electron chi connectivity index (χ1n) is 9.85. The standard InChI is InChI=1S/C23H30N2O3/c1-18(26)28-23(22(24(2)3)17-19-7-5-4-6-8-19)20-9-11-21(12-10-20)25-13-15-27-16-14-25/h4-12,22-23H,13-17H2,1-3H3.